The van der Waals surface area contributed by atoms with Crippen LogP contribution in [0.2, 0.25) is 0 Å². The van der Waals surface area contributed by atoms with E-state index in [1.165, 1.54) is 28.1 Å². The summed E-state index contributed by atoms with van der Waals surface area (Å²) in [4.78, 5) is 27.6. The standard InChI is InChI=1S/C21H24N4OS/c1-14-5-2-3-7-16(14)25-11-9-24(10-12-25)13-18-22-20(26)19-15-6-4-8-17(15)27-21(19)23-18/h2-3,5,7H,4,6,8-13H2,1H3,(H,22,23,26). The number of hydrogen-bond acceptors (Lipinski definition) is 5. The number of benzene rings is 1. The average Bonchev–Trinajstić information content (AvgIpc) is 3.23. The molecule has 2 aromatic heterocycles. The van der Waals surface area contributed by atoms with E-state index in [1.54, 1.807) is 11.3 Å². The second-order valence-corrected chi connectivity index (χ2v) is 8.68. The monoisotopic (exact) mass is 380 g/mol. The third-order valence-corrected chi connectivity index (χ3v) is 7.01. The van der Waals surface area contributed by atoms with Gasteiger partial charge in [0.1, 0.15) is 10.7 Å². The van der Waals surface area contributed by atoms with Crippen molar-refractivity contribution < 1.29 is 0 Å². The number of para-hydroxylation sites is 1. The number of aromatic nitrogens is 2. The number of H-pyrrole nitrogens is 1. The number of aromatic amines is 1. The molecular weight excluding hydrogens is 356 g/mol. The summed E-state index contributed by atoms with van der Waals surface area (Å²) < 4.78 is 0. The molecule has 1 fully saturated rings. The molecule has 3 heterocycles. The Morgan fingerprint density at radius 1 is 1.15 bits per heavy atom. The summed E-state index contributed by atoms with van der Waals surface area (Å²) in [5.41, 5.74) is 3.96. The van der Waals surface area contributed by atoms with E-state index in [4.69, 9.17) is 4.98 Å². The van der Waals surface area contributed by atoms with Crippen LogP contribution in [0.4, 0.5) is 5.69 Å². The quantitative estimate of drug-likeness (QED) is 0.759. The number of anilines is 1. The van der Waals surface area contributed by atoms with Gasteiger partial charge in [-0.2, -0.15) is 0 Å². The van der Waals surface area contributed by atoms with Crippen molar-refractivity contribution in [1.29, 1.82) is 0 Å². The largest absolute Gasteiger partial charge is 0.369 e. The van der Waals surface area contributed by atoms with E-state index in [-0.39, 0.29) is 5.56 Å². The fourth-order valence-corrected chi connectivity index (χ4v) is 5.68. The predicted octanol–water partition coefficient (Wildman–Crippen LogP) is 3.10. The van der Waals surface area contributed by atoms with E-state index in [1.807, 2.05) is 0 Å². The fraction of sp³-hybridized carbons (Fsp3) is 0.429. The molecule has 1 aliphatic heterocycles. The van der Waals surface area contributed by atoms with Crippen LogP contribution >= 0.6 is 11.3 Å². The molecule has 1 N–H and O–H groups in total. The lowest BCUT2D eigenvalue weighted by Gasteiger charge is -2.36. The molecule has 5 nitrogen and oxygen atoms in total. The molecule has 1 aliphatic carbocycles. The van der Waals surface area contributed by atoms with Crippen LogP contribution in [0.25, 0.3) is 10.2 Å². The SMILES string of the molecule is Cc1ccccc1N1CCN(Cc2nc3sc4c(c3c(=O)[nH]2)CCC4)CC1. The number of thiophene rings is 1. The summed E-state index contributed by atoms with van der Waals surface area (Å²) in [5, 5.41) is 0.848. The van der Waals surface area contributed by atoms with E-state index in [0.29, 0.717) is 0 Å². The zero-order valence-corrected chi connectivity index (χ0v) is 16.4. The molecule has 27 heavy (non-hydrogen) atoms. The molecule has 140 valence electrons. The molecule has 0 radical (unpaired) electrons. The topological polar surface area (TPSA) is 52.2 Å². The maximum Gasteiger partial charge on any atom is 0.259 e. The molecule has 0 spiro atoms. The Morgan fingerprint density at radius 3 is 2.78 bits per heavy atom. The Morgan fingerprint density at radius 2 is 1.96 bits per heavy atom. The van der Waals surface area contributed by atoms with Crippen molar-refractivity contribution >= 4 is 27.2 Å². The van der Waals surface area contributed by atoms with Gasteiger partial charge in [-0.15, -0.1) is 11.3 Å². The summed E-state index contributed by atoms with van der Waals surface area (Å²) >= 11 is 1.72. The van der Waals surface area contributed by atoms with E-state index in [2.05, 4.69) is 46.0 Å². The van der Waals surface area contributed by atoms with Gasteiger partial charge in [-0.05, 0) is 43.4 Å². The maximum atomic E-state index is 12.6. The summed E-state index contributed by atoms with van der Waals surface area (Å²) in [5.74, 6) is 0.803. The maximum absolute atomic E-state index is 12.6. The molecule has 0 bridgehead atoms. The van der Waals surface area contributed by atoms with Crippen molar-refractivity contribution in [2.45, 2.75) is 32.7 Å². The van der Waals surface area contributed by atoms with Crippen LogP contribution in [-0.2, 0) is 19.4 Å². The van der Waals surface area contributed by atoms with Crippen LogP contribution in [0.1, 0.15) is 28.2 Å². The zero-order chi connectivity index (χ0) is 18.4. The highest BCUT2D eigenvalue weighted by Crippen LogP contribution is 2.34. The third kappa shape index (κ3) is 3.07. The first-order valence-corrected chi connectivity index (χ1v) is 10.6. The number of nitrogens with zero attached hydrogens (tertiary/aromatic N) is 3. The predicted molar refractivity (Wildman–Crippen MR) is 111 cm³/mol. The van der Waals surface area contributed by atoms with Gasteiger partial charge in [0.05, 0.1) is 11.9 Å². The molecule has 3 aromatic rings. The van der Waals surface area contributed by atoms with Gasteiger partial charge in [-0.1, -0.05) is 18.2 Å². The Labute approximate surface area is 162 Å². The van der Waals surface area contributed by atoms with Crippen molar-refractivity contribution in [3.63, 3.8) is 0 Å². The number of nitrogens with one attached hydrogen (secondary N) is 1. The van der Waals surface area contributed by atoms with Gasteiger partial charge < -0.3 is 9.88 Å². The van der Waals surface area contributed by atoms with Gasteiger partial charge in [-0.3, -0.25) is 9.69 Å². The average molecular weight is 381 g/mol. The Bertz CT molecular complexity index is 1050. The summed E-state index contributed by atoms with van der Waals surface area (Å²) in [6, 6.07) is 8.57. The van der Waals surface area contributed by atoms with Crippen molar-refractivity contribution in [2.24, 2.45) is 0 Å². The minimum atomic E-state index is 0.0490. The van der Waals surface area contributed by atoms with Crippen molar-refractivity contribution in [2.75, 3.05) is 31.1 Å². The number of aryl methyl sites for hydroxylation is 3. The Kier molecular flexibility index (Phi) is 4.25. The molecule has 0 atom stereocenters. The van der Waals surface area contributed by atoms with Gasteiger partial charge in [0.15, 0.2) is 0 Å². The lowest BCUT2D eigenvalue weighted by molar-refractivity contribution is 0.244. The molecule has 1 saturated heterocycles. The first-order valence-electron chi connectivity index (χ1n) is 9.75. The highest BCUT2D eigenvalue weighted by molar-refractivity contribution is 7.18. The van der Waals surface area contributed by atoms with Crippen LogP contribution in [-0.4, -0.2) is 41.0 Å². The van der Waals surface area contributed by atoms with Crippen LogP contribution in [0.15, 0.2) is 29.1 Å². The number of fused-ring (bicyclic) bond motifs is 3. The lowest BCUT2D eigenvalue weighted by Crippen LogP contribution is -2.46. The fourth-order valence-electron chi connectivity index (χ4n) is 4.40. The van der Waals surface area contributed by atoms with Crippen molar-refractivity contribution in [3.8, 4) is 0 Å². The van der Waals surface area contributed by atoms with Crippen molar-refractivity contribution in [3.05, 3.63) is 56.4 Å². The van der Waals surface area contributed by atoms with Gasteiger partial charge in [-0.25, -0.2) is 4.98 Å². The summed E-state index contributed by atoms with van der Waals surface area (Å²) in [6.45, 7) is 6.86. The molecule has 1 aromatic carbocycles. The molecule has 0 saturated carbocycles. The van der Waals surface area contributed by atoms with Crippen molar-refractivity contribution in [1.82, 2.24) is 14.9 Å². The van der Waals surface area contributed by atoms with E-state index < -0.39 is 0 Å². The van der Waals surface area contributed by atoms with Gasteiger partial charge in [0.25, 0.3) is 5.56 Å². The molecule has 0 unspecified atom stereocenters. The first-order chi connectivity index (χ1) is 13.2. The second kappa shape index (κ2) is 6.77. The lowest BCUT2D eigenvalue weighted by atomic mass is 10.1. The second-order valence-electron chi connectivity index (χ2n) is 7.60. The molecule has 0 amide bonds. The molecule has 2 aliphatic rings. The third-order valence-electron chi connectivity index (χ3n) is 5.83. The van der Waals surface area contributed by atoms with Crippen LogP contribution in [0, 0.1) is 6.92 Å². The van der Waals surface area contributed by atoms with Gasteiger partial charge in [0, 0.05) is 36.7 Å². The van der Waals surface area contributed by atoms with Gasteiger partial charge >= 0.3 is 0 Å². The molecule has 5 rings (SSSR count). The van der Waals surface area contributed by atoms with Crippen LogP contribution < -0.4 is 10.5 Å². The minimum Gasteiger partial charge on any atom is -0.369 e. The van der Waals surface area contributed by atoms with E-state index >= 15 is 0 Å². The number of piperazine rings is 1. The first kappa shape index (κ1) is 17.0. The highest BCUT2D eigenvalue weighted by Gasteiger charge is 2.23. The molecular formula is C21H24N4OS. The van der Waals surface area contributed by atoms with E-state index in [9.17, 15) is 4.79 Å². The Balaban J connectivity index is 1.31. The number of rotatable bonds is 3. The zero-order valence-electron chi connectivity index (χ0n) is 15.6. The summed E-state index contributed by atoms with van der Waals surface area (Å²) in [6.07, 6.45) is 3.30. The number of hydrogen-bond donors (Lipinski definition) is 1. The minimum absolute atomic E-state index is 0.0490. The highest BCUT2D eigenvalue weighted by atomic mass is 32.1. The van der Waals surface area contributed by atoms with Crippen LogP contribution in [0.3, 0.4) is 0 Å². The van der Waals surface area contributed by atoms with E-state index in [0.717, 1.165) is 61.6 Å². The van der Waals surface area contributed by atoms with Gasteiger partial charge in [0.2, 0.25) is 0 Å². The molecule has 6 heteroatoms. The van der Waals surface area contributed by atoms with Crippen LogP contribution in [0.5, 0.6) is 0 Å². The normalized spacial score (nSPS) is 17.6. The smallest absolute Gasteiger partial charge is 0.259 e. The summed E-state index contributed by atoms with van der Waals surface area (Å²) in [7, 11) is 0. The Hall–Kier alpha value is -2.18.